The van der Waals surface area contributed by atoms with E-state index in [1.54, 1.807) is 0 Å². The Labute approximate surface area is 113 Å². The van der Waals surface area contributed by atoms with Crippen LogP contribution in [0.1, 0.15) is 46.5 Å². The second-order valence-corrected chi connectivity index (χ2v) is 6.46. The van der Waals surface area contributed by atoms with Gasteiger partial charge in [-0.25, -0.2) is 0 Å². The molecule has 2 N–H and O–H groups in total. The van der Waals surface area contributed by atoms with Crippen LogP contribution in [0.15, 0.2) is 0 Å². The van der Waals surface area contributed by atoms with Crippen LogP contribution in [0.5, 0.6) is 0 Å². The molecular formula is C15H31N3. The zero-order valence-electron chi connectivity index (χ0n) is 12.5. The molecule has 0 amide bonds. The molecule has 0 radical (unpaired) electrons. The SMILES string of the molecule is CCN(CC)C1CCN(C(C)(CN)CC2CC2)C1. The summed E-state index contributed by atoms with van der Waals surface area (Å²) in [4.78, 5) is 5.28. The molecule has 2 rings (SSSR count). The zero-order valence-corrected chi connectivity index (χ0v) is 12.5. The first-order valence-electron chi connectivity index (χ1n) is 7.82. The summed E-state index contributed by atoms with van der Waals surface area (Å²) < 4.78 is 0. The average Bonchev–Trinajstić information content (AvgIpc) is 3.04. The predicted octanol–water partition coefficient (Wildman–Crippen LogP) is 1.92. The Morgan fingerprint density at radius 3 is 2.39 bits per heavy atom. The van der Waals surface area contributed by atoms with Gasteiger partial charge in [0.2, 0.25) is 0 Å². The fraction of sp³-hybridized carbons (Fsp3) is 1.00. The average molecular weight is 253 g/mol. The maximum Gasteiger partial charge on any atom is 0.0306 e. The van der Waals surface area contributed by atoms with Crippen molar-refractivity contribution in [2.45, 2.75) is 58.0 Å². The lowest BCUT2D eigenvalue weighted by molar-refractivity contribution is 0.110. The third-order valence-corrected chi connectivity index (χ3v) is 5.12. The van der Waals surface area contributed by atoms with Gasteiger partial charge in [0.15, 0.2) is 0 Å². The van der Waals surface area contributed by atoms with Crippen molar-refractivity contribution in [2.75, 3.05) is 32.7 Å². The molecule has 1 aliphatic carbocycles. The maximum atomic E-state index is 6.09. The van der Waals surface area contributed by atoms with E-state index in [0.717, 1.165) is 18.5 Å². The lowest BCUT2D eigenvalue weighted by atomic mass is 9.93. The smallest absolute Gasteiger partial charge is 0.0306 e. The summed E-state index contributed by atoms with van der Waals surface area (Å²) in [5.41, 5.74) is 6.35. The Morgan fingerprint density at radius 2 is 1.89 bits per heavy atom. The van der Waals surface area contributed by atoms with Crippen molar-refractivity contribution in [1.29, 1.82) is 0 Å². The van der Waals surface area contributed by atoms with Crippen molar-refractivity contribution in [3.8, 4) is 0 Å². The molecule has 2 aliphatic rings. The molecule has 1 saturated heterocycles. The molecule has 0 aromatic rings. The molecule has 0 spiro atoms. The number of likely N-dealkylation sites (tertiary alicyclic amines) is 1. The van der Waals surface area contributed by atoms with E-state index in [9.17, 15) is 0 Å². The Bertz CT molecular complexity index is 260. The maximum absolute atomic E-state index is 6.09. The quantitative estimate of drug-likeness (QED) is 0.752. The lowest BCUT2D eigenvalue weighted by Gasteiger charge is -2.39. The molecule has 2 unspecified atom stereocenters. The van der Waals surface area contributed by atoms with E-state index in [-0.39, 0.29) is 5.54 Å². The van der Waals surface area contributed by atoms with Crippen molar-refractivity contribution in [3.05, 3.63) is 0 Å². The van der Waals surface area contributed by atoms with Gasteiger partial charge in [0, 0.05) is 31.2 Å². The van der Waals surface area contributed by atoms with E-state index in [0.29, 0.717) is 0 Å². The lowest BCUT2D eigenvalue weighted by Crippen LogP contribution is -2.52. The monoisotopic (exact) mass is 253 g/mol. The van der Waals surface area contributed by atoms with Crippen LogP contribution < -0.4 is 5.73 Å². The summed E-state index contributed by atoms with van der Waals surface area (Å²) >= 11 is 0. The van der Waals surface area contributed by atoms with Gasteiger partial charge < -0.3 is 5.73 Å². The van der Waals surface area contributed by atoms with Crippen LogP contribution >= 0.6 is 0 Å². The highest BCUT2D eigenvalue weighted by atomic mass is 15.3. The molecule has 3 heteroatoms. The molecule has 106 valence electrons. The number of hydrogen-bond acceptors (Lipinski definition) is 3. The molecule has 2 atom stereocenters. The molecule has 1 aliphatic heterocycles. The third kappa shape index (κ3) is 3.06. The highest BCUT2D eigenvalue weighted by Crippen LogP contribution is 2.39. The number of rotatable bonds is 7. The van der Waals surface area contributed by atoms with Gasteiger partial charge in [0.1, 0.15) is 0 Å². The second-order valence-electron chi connectivity index (χ2n) is 6.46. The van der Waals surface area contributed by atoms with E-state index < -0.39 is 0 Å². The molecule has 1 saturated carbocycles. The van der Waals surface area contributed by atoms with Gasteiger partial charge in [0.25, 0.3) is 0 Å². The minimum atomic E-state index is 0.253. The van der Waals surface area contributed by atoms with Gasteiger partial charge in [-0.15, -0.1) is 0 Å². The summed E-state index contributed by atoms with van der Waals surface area (Å²) in [6.45, 7) is 12.6. The minimum Gasteiger partial charge on any atom is -0.329 e. The Morgan fingerprint density at radius 1 is 1.22 bits per heavy atom. The van der Waals surface area contributed by atoms with E-state index >= 15 is 0 Å². The third-order valence-electron chi connectivity index (χ3n) is 5.12. The molecule has 1 heterocycles. The minimum absolute atomic E-state index is 0.253. The van der Waals surface area contributed by atoms with Crippen molar-refractivity contribution in [1.82, 2.24) is 9.80 Å². The van der Waals surface area contributed by atoms with Crippen molar-refractivity contribution in [3.63, 3.8) is 0 Å². The number of nitrogens with zero attached hydrogens (tertiary/aromatic N) is 2. The first-order valence-corrected chi connectivity index (χ1v) is 7.82. The first-order chi connectivity index (χ1) is 8.62. The van der Waals surface area contributed by atoms with Gasteiger partial charge in [0.05, 0.1) is 0 Å². The largest absolute Gasteiger partial charge is 0.329 e. The number of hydrogen-bond donors (Lipinski definition) is 1. The van der Waals surface area contributed by atoms with E-state index in [1.807, 2.05) is 0 Å². The normalized spacial score (nSPS) is 28.8. The molecule has 0 aromatic heterocycles. The molecular weight excluding hydrogens is 222 g/mol. The topological polar surface area (TPSA) is 32.5 Å². The van der Waals surface area contributed by atoms with Crippen LogP contribution in [0.3, 0.4) is 0 Å². The van der Waals surface area contributed by atoms with Gasteiger partial charge in [-0.05, 0) is 38.8 Å². The molecule has 18 heavy (non-hydrogen) atoms. The van der Waals surface area contributed by atoms with Gasteiger partial charge in [-0.1, -0.05) is 26.7 Å². The summed E-state index contributed by atoms with van der Waals surface area (Å²) in [6.07, 6.45) is 5.50. The Balaban J connectivity index is 1.92. The highest BCUT2D eigenvalue weighted by molar-refractivity contribution is 4.97. The molecule has 3 nitrogen and oxygen atoms in total. The van der Waals surface area contributed by atoms with Crippen LogP contribution in [0, 0.1) is 5.92 Å². The van der Waals surface area contributed by atoms with Crippen LogP contribution in [-0.4, -0.2) is 54.1 Å². The van der Waals surface area contributed by atoms with Gasteiger partial charge >= 0.3 is 0 Å². The van der Waals surface area contributed by atoms with Crippen molar-refractivity contribution in [2.24, 2.45) is 11.7 Å². The Kier molecular flexibility index (Phi) is 4.68. The fourth-order valence-corrected chi connectivity index (χ4v) is 3.56. The second kappa shape index (κ2) is 5.89. The van der Waals surface area contributed by atoms with Crippen LogP contribution in [0.25, 0.3) is 0 Å². The van der Waals surface area contributed by atoms with Gasteiger partial charge in [-0.3, -0.25) is 9.80 Å². The first kappa shape index (κ1) is 14.3. The highest BCUT2D eigenvalue weighted by Gasteiger charge is 2.40. The summed E-state index contributed by atoms with van der Waals surface area (Å²) in [7, 11) is 0. The molecule has 2 fully saturated rings. The zero-order chi connectivity index (χ0) is 13.2. The van der Waals surface area contributed by atoms with Crippen LogP contribution in [0.4, 0.5) is 0 Å². The van der Waals surface area contributed by atoms with E-state index in [4.69, 9.17) is 5.73 Å². The molecule has 0 bridgehead atoms. The summed E-state index contributed by atoms with van der Waals surface area (Å²) in [5, 5.41) is 0. The summed E-state index contributed by atoms with van der Waals surface area (Å²) in [5.74, 6) is 0.964. The standard InChI is InChI=1S/C15H31N3/c1-4-17(5-2)14-8-9-18(11-14)15(3,12-16)10-13-6-7-13/h13-14H,4-12,16H2,1-3H3. The number of nitrogens with two attached hydrogens (primary N) is 1. The Hall–Kier alpha value is -0.120. The fourth-order valence-electron chi connectivity index (χ4n) is 3.56. The van der Waals surface area contributed by atoms with Crippen LogP contribution in [-0.2, 0) is 0 Å². The van der Waals surface area contributed by atoms with E-state index in [2.05, 4.69) is 30.6 Å². The van der Waals surface area contributed by atoms with Gasteiger partial charge in [-0.2, -0.15) is 0 Å². The van der Waals surface area contributed by atoms with Crippen molar-refractivity contribution < 1.29 is 0 Å². The van der Waals surface area contributed by atoms with Crippen LogP contribution in [0.2, 0.25) is 0 Å². The number of likely N-dealkylation sites (N-methyl/N-ethyl adjacent to an activating group) is 1. The molecule has 0 aromatic carbocycles. The summed E-state index contributed by atoms with van der Waals surface area (Å²) in [6, 6.07) is 0.755. The van der Waals surface area contributed by atoms with Crippen molar-refractivity contribution >= 4 is 0 Å². The predicted molar refractivity (Wildman–Crippen MR) is 77.7 cm³/mol. The van der Waals surface area contributed by atoms with E-state index in [1.165, 1.54) is 51.9 Å².